The minimum atomic E-state index is -0.0172. The zero-order valence-electron chi connectivity index (χ0n) is 10.8. The fourth-order valence-corrected chi connectivity index (χ4v) is 2.08. The standard InChI is InChI=1S/C15H14BrNO2/c1-10-3-6-15(19-2)11(7-10)8-14(18)13-5-4-12(16)9-17-13/h3-7,9H,8H2,1-2H3. The van der Waals surface area contributed by atoms with Crippen LogP contribution in [0, 0.1) is 6.92 Å². The van der Waals surface area contributed by atoms with Crippen molar-refractivity contribution in [3.8, 4) is 5.75 Å². The van der Waals surface area contributed by atoms with E-state index in [1.165, 1.54) is 0 Å². The van der Waals surface area contributed by atoms with Crippen molar-refractivity contribution in [1.82, 2.24) is 4.98 Å². The van der Waals surface area contributed by atoms with Gasteiger partial charge in [0.1, 0.15) is 11.4 Å². The van der Waals surface area contributed by atoms with Crippen molar-refractivity contribution >= 4 is 21.7 Å². The van der Waals surface area contributed by atoms with E-state index in [1.807, 2.05) is 31.2 Å². The fourth-order valence-electron chi connectivity index (χ4n) is 1.85. The van der Waals surface area contributed by atoms with E-state index in [4.69, 9.17) is 4.74 Å². The largest absolute Gasteiger partial charge is 0.496 e. The monoisotopic (exact) mass is 319 g/mol. The smallest absolute Gasteiger partial charge is 0.185 e. The van der Waals surface area contributed by atoms with Crippen LogP contribution in [0.3, 0.4) is 0 Å². The number of carbonyl (C=O) groups is 1. The maximum Gasteiger partial charge on any atom is 0.185 e. The number of nitrogens with zero attached hydrogens (tertiary/aromatic N) is 1. The second-order valence-corrected chi connectivity index (χ2v) is 5.19. The van der Waals surface area contributed by atoms with Gasteiger partial charge in [-0.1, -0.05) is 17.7 Å². The Morgan fingerprint density at radius 3 is 2.74 bits per heavy atom. The topological polar surface area (TPSA) is 39.2 Å². The van der Waals surface area contributed by atoms with Gasteiger partial charge in [-0.05, 0) is 41.1 Å². The number of methoxy groups -OCH3 is 1. The van der Waals surface area contributed by atoms with E-state index in [-0.39, 0.29) is 5.78 Å². The lowest BCUT2D eigenvalue weighted by Crippen LogP contribution is -2.07. The van der Waals surface area contributed by atoms with Crippen LogP contribution in [0.2, 0.25) is 0 Å². The van der Waals surface area contributed by atoms with Gasteiger partial charge in [-0.15, -0.1) is 0 Å². The normalized spacial score (nSPS) is 10.3. The minimum absolute atomic E-state index is 0.0172. The molecule has 1 aromatic heterocycles. The van der Waals surface area contributed by atoms with Crippen LogP contribution in [0.4, 0.5) is 0 Å². The molecule has 0 amide bonds. The molecule has 0 unspecified atom stereocenters. The van der Waals surface area contributed by atoms with Gasteiger partial charge in [0.15, 0.2) is 5.78 Å². The second kappa shape index (κ2) is 5.97. The van der Waals surface area contributed by atoms with Gasteiger partial charge >= 0.3 is 0 Å². The van der Waals surface area contributed by atoms with Crippen LogP contribution in [-0.4, -0.2) is 17.9 Å². The molecule has 0 fully saturated rings. The number of hydrogen-bond donors (Lipinski definition) is 0. The average Bonchev–Trinajstić information content (AvgIpc) is 2.39. The molecule has 1 aromatic carbocycles. The Hall–Kier alpha value is -1.68. The molecule has 0 spiro atoms. The Morgan fingerprint density at radius 2 is 2.11 bits per heavy atom. The molecule has 0 N–H and O–H groups in total. The molecule has 0 aliphatic rings. The van der Waals surface area contributed by atoms with Crippen molar-refractivity contribution in [2.45, 2.75) is 13.3 Å². The molecule has 0 aliphatic carbocycles. The van der Waals surface area contributed by atoms with Crippen molar-refractivity contribution in [2.75, 3.05) is 7.11 Å². The minimum Gasteiger partial charge on any atom is -0.496 e. The van der Waals surface area contributed by atoms with Crippen LogP contribution in [0.15, 0.2) is 41.0 Å². The molecular weight excluding hydrogens is 306 g/mol. The first-order valence-electron chi connectivity index (χ1n) is 5.88. The zero-order valence-corrected chi connectivity index (χ0v) is 12.4. The summed E-state index contributed by atoms with van der Waals surface area (Å²) in [5.74, 6) is 0.715. The molecule has 2 aromatic rings. The highest BCUT2D eigenvalue weighted by molar-refractivity contribution is 9.10. The second-order valence-electron chi connectivity index (χ2n) is 4.28. The highest BCUT2D eigenvalue weighted by atomic mass is 79.9. The van der Waals surface area contributed by atoms with Gasteiger partial charge in [-0.3, -0.25) is 9.78 Å². The van der Waals surface area contributed by atoms with E-state index in [0.717, 1.165) is 21.3 Å². The summed E-state index contributed by atoms with van der Waals surface area (Å²) < 4.78 is 6.13. The lowest BCUT2D eigenvalue weighted by Gasteiger charge is -2.08. The molecule has 0 radical (unpaired) electrons. The summed E-state index contributed by atoms with van der Waals surface area (Å²) in [6.45, 7) is 1.99. The molecule has 0 saturated heterocycles. The first-order valence-corrected chi connectivity index (χ1v) is 6.67. The van der Waals surface area contributed by atoms with Crippen molar-refractivity contribution < 1.29 is 9.53 Å². The third-order valence-corrected chi connectivity index (χ3v) is 3.27. The molecule has 0 saturated carbocycles. The summed E-state index contributed by atoms with van der Waals surface area (Å²) in [5, 5.41) is 0. The van der Waals surface area contributed by atoms with E-state index < -0.39 is 0 Å². The van der Waals surface area contributed by atoms with E-state index in [1.54, 1.807) is 19.4 Å². The number of ether oxygens (including phenoxy) is 1. The molecule has 0 bridgehead atoms. The number of carbonyl (C=O) groups excluding carboxylic acids is 1. The van der Waals surface area contributed by atoms with Gasteiger partial charge in [0.05, 0.1) is 7.11 Å². The maximum absolute atomic E-state index is 12.2. The Labute approximate surface area is 120 Å². The quantitative estimate of drug-likeness (QED) is 0.808. The SMILES string of the molecule is COc1ccc(C)cc1CC(=O)c1ccc(Br)cn1. The van der Waals surface area contributed by atoms with Crippen molar-refractivity contribution in [2.24, 2.45) is 0 Å². The average molecular weight is 320 g/mol. The van der Waals surface area contributed by atoms with Gasteiger partial charge < -0.3 is 4.74 Å². The fraction of sp³-hybridized carbons (Fsp3) is 0.200. The number of benzene rings is 1. The summed E-state index contributed by atoms with van der Waals surface area (Å²) in [6, 6.07) is 9.34. The number of aromatic nitrogens is 1. The lowest BCUT2D eigenvalue weighted by atomic mass is 10.0. The predicted molar refractivity (Wildman–Crippen MR) is 77.7 cm³/mol. The van der Waals surface area contributed by atoms with Gasteiger partial charge in [-0.25, -0.2) is 0 Å². The molecule has 4 heteroatoms. The molecule has 19 heavy (non-hydrogen) atoms. The number of ketones is 1. The highest BCUT2D eigenvalue weighted by Gasteiger charge is 2.12. The summed E-state index contributed by atoms with van der Waals surface area (Å²) >= 11 is 3.30. The van der Waals surface area contributed by atoms with Crippen LogP contribution in [0.5, 0.6) is 5.75 Å². The van der Waals surface area contributed by atoms with E-state index in [0.29, 0.717) is 12.1 Å². The predicted octanol–water partition coefficient (Wildman–Crippen LogP) is 3.59. The summed E-state index contributed by atoms with van der Waals surface area (Å²) in [4.78, 5) is 16.3. The van der Waals surface area contributed by atoms with Crippen molar-refractivity contribution in [1.29, 1.82) is 0 Å². The number of Topliss-reactive ketones (excluding diaryl/α,β-unsaturated/α-hetero) is 1. The maximum atomic E-state index is 12.2. The highest BCUT2D eigenvalue weighted by Crippen LogP contribution is 2.21. The number of rotatable bonds is 4. The van der Waals surface area contributed by atoms with Crippen LogP contribution in [0.25, 0.3) is 0 Å². The molecule has 98 valence electrons. The van der Waals surface area contributed by atoms with Gasteiger partial charge in [0.25, 0.3) is 0 Å². The molecule has 0 aliphatic heterocycles. The summed E-state index contributed by atoms with van der Waals surface area (Å²) in [5.41, 5.74) is 2.45. The Balaban J connectivity index is 2.23. The van der Waals surface area contributed by atoms with Crippen LogP contribution in [-0.2, 0) is 6.42 Å². The van der Waals surface area contributed by atoms with E-state index in [9.17, 15) is 4.79 Å². The number of pyridine rings is 1. The summed E-state index contributed by atoms with van der Waals surface area (Å²) in [7, 11) is 1.61. The van der Waals surface area contributed by atoms with Gasteiger partial charge in [0.2, 0.25) is 0 Å². The Morgan fingerprint density at radius 1 is 1.32 bits per heavy atom. The number of halogens is 1. The molecule has 3 nitrogen and oxygen atoms in total. The third kappa shape index (κ3) is 3.41. The van der Waals surface area contributed by atoms with Gasteiger partial charge in [0, 0.05) is 22.7 Å². The first-order chi connectivity index (χ1) is 9.10. The molecule has 0 atom stereocenters. The van der Waals surface area contributed by atoms with Crippen LogP contribution >= 0.6 is 15.9 Å². The molecular formula is C15H14BrNO2. The Kier molecular flexibility index (Phi) is 4.32. The molecule has 1 heterocycles. The van der Waals surface area contributed by atoms with E-state index >= 15 is 0 Å². The Bertz CT molecular complexity index is 594. The summed E-state index contributed by atoms with van der Waals surface area (Å²) in [6.07, 6.45) is 1.92. The first kappa shape index (κ1) is 13.7. The van der Waals surface area contributed by atoms with Crippen molar-refractivity contribution in [3.05, 3.63) is 57.8 Å². The zero-order chi connectivity index (χ0) is 13.8. The van der Waals surface area contributed by atoms with Gasteiger partial charge in [-0.2, -0.15) is 0 Å². The van der Waals surface area contributed by atoms with Crippen molar-refractivity contribution in [3.63, 3.8) is 0 Å². The number of hydrogen-bond acceptors (Lipinski definition) is 3. The van der Waals surface area contributed by atoms with E-state index in [2.05, 4.69) is 20.9 Å². The number of aryl methyl sites for hydroxylation is 1. The van der Waals surface area contributed by atoms with Crippen LogP contribution < -0.4 is 4.74 Å². The lowest BCUT2D eigenvalue weighted by molar-refractivity contribution is 0.0987. The molecule has 2 rings (SSSR count). The third-order valence-electron chi connectivity index (χ3n) is 2.80. The van der Waals surface area contributed by atoms with Crippen LogP contribution in [0.1, 0.15) is 21.6 Å².